The molecule has 3 nitrogen and oxygen atoms in total. The summed E-state index contributed by atoms with van der Waals surface area (Å²) in [6.45, 7) is 3.62. The number of hydrogen-bond donors (Lipinski definition) is 2. The summed E-state index contributed by atoms with van der Waals surface area (Å²) in [5.74, 6) is 0.0496. The fraction of sp³-hybridized carbons (Fsp3) is 0.500. The Bertz CT molecular complexity index is 296. The van der Waals surface area contributed by atoms with Crippen LogP contribution in [0, 0.1) is 6.92 Å². The van der Waals surface area contributed by atoms with Crippen LogP contribution >= 0.6 is 11.3 Å². The standard InChI is InChI=1S/C10H16N2OS/c1-8-4-7-14-9(8)10(13)12-6-3-5-11-2/h4,7,11H,3,5-6H2,1-2H3,(H,12,13). The third-order valence-electron chi connectivity index (χ3n) is 1.96. The van der Waals surface area contributed by atoms with Crippen molar-refractivity contribution in [1.29, 1.82) is 0 Å². The monoisotopic (exact) mass is 212 g/mol. The summed E-state index contributed by atoms with van der Waals surface area (Å²) in [5.41, 5.74) is 1.06. The Morgan fingerprint density at radius 2 is 2.29 bits per heavy atom. The van der Waals surface area contributed by atoms with Gasteiger partial charge in [-0.25, -0.2) is 0 Å². The van der Waals surface area contributed by atoms with Gasteiger partial charge >= 0.3 is 0 Å². The highest BCUT2D eigenvalue weighted by Gasteiger charge is 2.08. The van der Waals surface area contributed by atoms with E-state index in [1.807, 2.05) is 25.4 Å². The Kier molecular flexibility index (Phi) is 4.62. The molecule has 0 fully saturated rings. The van der Waals surface area contributed by atoms with Gasteiger partial charge in [-0.2, -0.15) is 0 Å². The van der Waals surface area contributed by atoms with Crippen LogP contribution in [0.4, 0.5) is 0 Å². The molecule has 1 amide bonds. The Hall–Kier alpha value is -0.870. The maximum atomic E-state index is 11.6. The summed E-state index contributed by atoms with van der Waals surface area (Å²) in [5, 5.41) is 7.87. The molecule has 0 aliphatic rings. The first-order valence-electron chi connectivity index (χ1n) is 4.72. The molecular formula is C10H16N2OS. The van der Waals surface area contributed by atoms with E-state index in [0.717, 1.165) is 30.0 Å². The van der Waals surface area contributed by atoms with E-state index in [1.165, 1.54) is 11.3 Å². The first-order valence-corrected chi connectivity index (χ1v) is 5.60. The lowest BCUT2D eigenvalue weighted by atomic mass is 10.3. The van der Waals surface area contributed by atoms with Crippen molar-refractivity contribution in [2.45, 2.75) is 13.3 Å². The molecule has 0 radical (unpaired) electrons. The molecule has 0 spiro atoms. The summed E-state index contributed by atoms with van der Waals surface area (Å²) in [7, 11) is 1.91. The van der Waals surface area contributed by atoms with Gasteiger partial charge in [0.2, 0.25) is 0 Å². The Morgan fingerprint density at radius 3 is 2.86 bits per heavy atom. The molecule has 0 aliphatic carbocycles. The molecule has 0 saturated heterocycles. The smallest absolute Gasteiger partial charge is 0.261 e. The average Bonchev–Trinajstić information content (AvgIpc) is 2.59. The molecule has 1 aromatic heterocycles. The highest BCUT2D eigenvalue weighted by Crippen LogP contribution is 2.14. The first kappa shape index (κ1) is 11.2. The lowest BCUT2D eigenvalue weighted by Crippen LogP contribution is -2.26. The highest BCUT2D eigenvalue weighted by atomic mass is 32.1. The topological polar surface area (TPSA) is 41.1 Å². The second-order valence-electron chi connectivity index (χ2n) is 3.15. The van der Waals surface area contributed by atoms with Crippen molar-refractivity contribution < 1.29 is 4.79 Å². The molecule has 14 heavy (non-hydrogen) atoms. The number of carbonyl (C=O) groups excluding carboxylic acids is 1. The van der Waals surface area contributed by atoms with Crippen LogP contribution in [-0.4, -0.2) is 26.0 Å². The van der Waals surface area contributed by atoms with Gasteiger partial charge in [0.25, 0.3) is 5.91 Å². The molecule has 0 aliphatic heterocycles. The van der Waals surface area contributed by atoms with Crippen LogP contribution in [0.25, 0.3) is 0 Å². The zero-order valence-corrected chi connectivity index (χ0v) is 9.41. The molecule has 0 aromatic carbocycles. The maximum absolute atomic E-state index is 11.6. The minimum absolute atomic E-state index is 0.0496. The Morgan fingerprint density at radius 1 is 1.50 bits per heavy atom. The van der Waals surface area contributed by atoms with E-state index in [9.17, 15) is 4.79 Å². The molecule has 2 N–H and O–H groups in total. The fourth-order valence-electron chi connectivity index (χ4n) is 1.15. The van der Waals surface area contributed by atoms with Crippen molar-refractivity contribution in [2.75, 3.05) is 20.1 Å². The number of hydrogen-bond acceptors (Lipinski definition) is 3. The van der Waals surface area contributed by atoms with Gasteiger partial charge in [0, 0.05) is 6.54 Å². The predicted octanol–water partition coefficient (Wildman–Crippen LogP) is 1.40. The van der Waals surface area contributed by atoms with Gasteiger partial charge < -0.3 is 10.6 Å². The lowest BCUT2D eigenvalue weighted by Gasteiger charge is -2.03. The third kappa shape index (κ3) is 3.12. The van der Waals surface area contributed by atoms with Crippen LogP contribution in [0.15, 0.2) is 11.4 Å². The van der Waals surface area contributed by atoms with Gasteiger partial charge in [-0.3, -0.25) is 4.79 Å². The normalized spacial score (nSPS) is 10.1. The summed E-state index contributed by atoms with van der Waals surface area (Å²) in [4.78, 5) is 12.4. The molecular weight excluding hydrogens is 196 g/mol. The Balaban J connectivity index is 2.32. The SMILES string of the molecule is CNCCCNC(=O)c1sccc1C. The van der Waals surface area contributed by atoms with Crippen LogP contribution < -0.4 is 10.6 Å². The molecule has 0 unspecified atom stereocenters. The van der Waals surface area contributed by atoms with Crippen molar-refractivity contribution in [3.8, 4) is 0 Å². The molecule has 0 atom stereocenters. The Labute approximate surface area is 88.5 Å². The highest BCUT2D eigenvalue weighted by molar-refractivity contribution is 7.12. The van der Waals surface area contributed by atoms with Crippen molar-refractivity contribution in [3.05, 3.63) is 21.9 Å². The van der Waals surface area contributed by atoms with Crippen LogP contribution in [0.5, 0.6) is 0 Å². The molecule has 4 heteroatoms. The lowest BCUT2D eigenvalue weighted by molar-refractivity contribution is 0.0957. The van der Waals surface area contributed by atoms with E-state index in [-0.39, 0.29) is 5.91 Å². The molecule has 1 rings (SSSR count). The number of amides is 1. The van der Waals surface area contributed by atoms with Crippen molar-refractivity contribution >= 4 is 17.2 Å². The molecule has 0 bridgehead atoms. The largest absolute Gasteiger partial charge is 0.351 e. The molecule has 0 saturated carbocycles. The summed E-state index contributed by atoms with van der Waals surface area (Å²) in [6, 6.07) is 1.97. The van der Waals surface area contributed by atoms with Crippen molar-refractivity contribution in [3.63, 3.8) is 0 Å². The van der Waals surface area contributed by atoms with E-state index in [1.54, 1.807) is 0 Å². The zero-order valence-electron chi connectivity index (χ0n) is 8.59. The van der Waals surface area contributed by atoms with Crippen LogP contribution in [0.1, 0.15) is 21.7 Å². The molecule has 1 heterocycles. The second-order valence-corrected chi connectivity index (χ2v) is 4.06. The van der Waals surface area contributed by atoms with Crippen LogP contribution in [0.2, 0.25) is 0 Å². The van der Waals surface area contributed by atoms with Gasteiger partial charge in [-0.05, 0) is 43.9 Å². The van der Waals surface area contributed by atoms with Crippen LogP contribution in [-0.2, 0) is 0 Å². The fourth-order valence-corrected chi connectivity index (χ4v) is 1.99. The maximum Gasteiger partial charge on any atom is 0.261 e. The number of rotatable bonds is 5. The molecule has 78 valence electrons. The van der Waals surface area contributed by atoms with Gasteiger partial charge in [0.05, 0.1) is 4.88 Å². The number of nitrogens with one attached hydrogen (secondary N) is 2. The minimum Gasteiger partial charge on any atom is -0.351 e. The van der Waals surface area contributed by atoms with E-state index in [2.05, 4.69) is 10.6 Å². The van der Waals surface area contributed by atoms with E-state index in [4.69, 9.17) is 0 Å². The number of carbonyl (C=O) groups is 1. The van der Waals surface area contributed by atoms with Gasteiger partial charge in [-0.15, -0.1) is 11.3 Å². The summed E-state index contributed by atoms with van der Waals surface area (Å²) < 4.78 is 0. The number of aryl methyl sites for hydroxylation is 1. The minimum atomic E-state index is 0.0496. The quantitative estimate of drug-likeness (QED) is 0.724. The van der Waals surface area contributed by atoms with Gasteiger partial charge in [-0.1, -0.05) is 0 Å². The summed E-state index contributed by atoms with van der Waals surface area (Å²) >= 11 is 1.49. The third-order valence-corrected chi connectivity index (χ3v) is 2.97. The molecule has 1 aromatic rings. The number of thiophene rings is 1. The predicted molar refractivity (Wildman–Crippen MR) is 59.9 cm³/mol. The second kappa shape index (κ2) is 5.78. The van der Waals surface area contributed by atoms with E-state index >= 15 is 0 Å². The van der Waals surface area contributed by atoms with Gasteiger partial charge in [0.15, 0.2) is 0 Å². The van der Waals surface area contributed by atoms with Crippen molar-refractivity contribution in [1.82, 2.24) is 10.6 Å². The van der Waals surface area contributed by atoms with E-state index in [0.29, 0.717) is 0 Å². The summed E-state index contributed by atoms with van der Waals surface area (Å²) in [6.07, 6.45) is 0.965. The first-order chi connectivity index (χ1) is 6.75. The van der Waals surface area contributed by atoms with Crippen LogP contribution in [0.3, 0.4) is 0 Å². The zero-order chi connectivity index (χ0) is 10.4. The average molecular weight is 212 g/mol. The van der Waals surface area contributed by atoms with Gasteiger partial charge in [0.1, 0.15) is 0 Å². The van der Waals surface area contributed by atoms with Crippen molar-refractivity contribution in [2.24, 2.45) is 0 Å². The van der Waals surface area contributed by atoms with E-state index < -0.39 is 0 Å².